The normalized spacial score (nSPS) is 13.5. The Morgan fingerprint density at radius 2 is 1.64 bits per heavy atom. The molecule has 0 amide bonds. The number of pyridine rings is 2. The minimum Gasteiger partial charge on any atom is -0.501 e. The molecule has 0 aliphatic heterocycles. The largest absolute Gasteiger partial charge is 0.501 e. The molecule has 7 aromatic rings. The fraction of sp³-hybridized carbons (Fsp3) is 0.292. The van der Waals surface area contributed by atoms with Crippen molar-refractivity contribution >= 4 is 35.2 Å². The number of hydrogen-bond donors (Lipinski definition) is 0. The number of hydrogen-bond acceptors (Lipinski definition) is 3. The minimum atomic E-state index is -1.34. The predicted molar refractivity (Wildman–Crippen MR) is 221 cm³/mol. The standard InChI is InChI=1S/C30H24F2NO.C18H24NSi.Ir/c31-22-10-12-27(32)26(18-22)21-9-11-23-24-7-4-8-25(30(24)34-29(23)17-21)28-16-20(13-14-33-28)15-19-5-2-1-3-6-19;1-14(2)11-16-12-17(15-9-7-6-8-10-15)19-13-18(16)20(3,4)5;/h4,7,9-14,16-19H,1-3,5-6,15H2;6-9,12-14H,11H2,1-5H3;/q2*-1;. The van der Waals surface area contributed by atoms with E-state index in [9.17, 15) is 8.78 Å². The molecule has 1 saturated carbocycles. The maximum atomic E-state index is 14.3. The van der Waals surface area contributed by atoms with Crippen molar-refractivity contribution in [3.8, 4) is 33.6 Å². The molecule has 1 fully saturated rings. The zero-order chi connectivity index (χ0) is 37.8. The van der Waals surface area contributed by atoms with Crippen molar-refractivity contribution in [2.75, 3.05) is 0 Å². The summed E-state index contributed by atoms with van der Waals surface area (Å²) in [7, 11) is -1.34. The van der Waals surface area contributed by atoms with Gasteiger partial charge in [-0.1, -0.05) is 112 Å². The summed E-state index contributed by atoms with van der Waals surface area (Å²) >= 11 is 0. The molecule has 1 aliphatic rings. The van der Waals surface area contributed by atoms with Crippen molar-refractivity contribution in [3.63, 3.8) is 0 Å². The smallest absolute Gasteiger partial charge is 0.131 e. The summed E-state index contributed by atoms with van der Waals surface area (Å²) < 4.78 is 34.3. The Hall–Kier alpha value is -4.29. The first-order valence-electron chi connectivity index (χ1n) is 19.3. The van der Waals surface area contributed by atoms with Crippen LogP contribution in [0.25, 0.3) is 55.6 Å². The molecule has 55 heavy (non-hydrogen) atoms. The average Bonchev–Trinajstić information content (AvgIpc) is 3.54. The van der Waals surface area contributed by atoms with Crippen LogP contribution < -0.4 is 5.19 Å². The van der Waals surface area contributed by atoms with Crippen LogP contribution in [0.2, 0.25) is 19.6 Å². The van der Waals surface area contributed by atoms with Gasteiger partial charge in [0.05, 0.1) is 13.7 Å². The Balaban J connectivity index is 0.000000211. The molecule has 0 N–H and O–H groups in total. The van der Waals surface area contributed by atoms with E-state index in [1.165, 1.54) is 54.5 Å². The van der Waals surface area contributed by atoms with E-state index in [1.807, 2.05) is 42.6 Å². The summed E-state index contributed by atoms with van der Waals surface area (Å²) in [6.07, 6.45) is 12.8. The zero-order valence-corrected chi connectivity index (χ0v) is 35.7. The molecule has 0 saturated heterocycles. The average molecular weight is 927 g/mol. The van der Waals surface area contributed by atoms with E-state index in [4.69, 9.17) is 4.42 Å². The molecule has 3 heterocycles. The summed E-state index contributed by atoms with van der Waals surface area (Å²) in [6, 6.07) is 34.0. The molecular weight excluding hydrogens is 879 g/mol. The van der Waals surface area contributed by atoms with Gasteiger partial charge in [-0.25, -0.2) is 8.78 Å². The molecule has 0 unspecified atom stereocenters. The molecule has 8 rings (SSSR count). The van der Waals surface area contributed by atoms with Crippen molar-refractivity contribution < 1.29 is 33.3 Å². The SMILES string of the molecule is CC(C)Cc1cc(-c2[c-]cccc2)ncc1[Si](C)(C)C.Fc1ccc(F)c(-c2ccc3c(c2)oc2c(-c4cc(CC5CCCCC5)ccn4)[c-]ccc23)c1.[Ir]. The van der Waals surface area contributed by atoms with Crippen molar-refractivity contribution in [2.24, 2.45) is 11.8 Å². The van der Waals surface area contributed by atoms with Crippen LogP contribution in [-0.2, 0) is 32.9 Å². The number of benzene rings is 4. The van der Waals surface area contributed by atoms with Gasteiger partial charge in [-0.2, -0.15) is 0 Å². The van der Waals surface area contributed by atoms with Crippen LogP contribution in [0.3, 0.4) is 0 Å². The monoisotopic (exact) mass is 927 g/mol. The van der Waals surface area contributed by atoms with Crippen molar-refractivity contribution in [3.05, 3.63) is 138 Å². The first kappa shape index (κ1) is 40.4. The molecule has 1 radical (unpaired) electrons. The topological polar surface area (TPSA) is 38.9 Å². The first-order valence-corrected chi connectivity index (χ1v) is 22.8. The van der Waals surface area contributed by atoms with Crippen LogP contribution in [-0.4, -0.2) is 18.0 Å². The van der Waals surface area contributed by atoms with Gasteiger partial charge >= 0.3 is 0 Å². The van der Waals surface area contributed by atoms with E-state index in [0.29, 0.717) is 22.6 Å². The summed E-state index contributed by atoms with van der Waals surface area (Å²) in [4.78, 5) is 9.31. The van der Waals surface area contributed by atoms with Crippen LogP contribution in [0.15, 0.2) is 108 Å². The fourth-order valence-corrected chi connectivity index (χ4v) is 9.35. The molecular formula is C48H48F2IrN2OSi-2. The number of fused-ring (bicyclic) bond motifs is 3. The van der Waals surface area contributed by atoms with E-state index < -0.39 is 19.7 Å². The Kier molecular flexibility index (Phi) is 13.0. The second-order valence-electron chi connectivity index (χ2n) is 16.1. The number of aromatic nitrogens is 2. The molecule has 3 aromatic heterocycles. The van der Waals surface area contributed by atoms with Crippen molar-refractivity contribution in [1.82, 2.24) is 9.97 Å². The van der Waals surface area contributed by atoms with Crippen LogP contribution >= 0.6 is 0 Å². The number of nitrogens with zero attached hydrogens (tertiary/aromatic N) is 2. The van der Waals surface area contributed by atoms with E-state index in [0.717, 1.165) is 64.2 Å². The van der Waals surface area contributed by atoms with E-state index in [2.05, 4.69) is 86.1 Å². The maximum Gasteiger partial charge on any atom is 0.131 e. The third-order valence-corrected chi connectivity index (χ3v) is 12.5. The Morgan fingerprint density at radius 1 is 0.818 bits per heavy atom. The Bertz CT molecular complexity index is 2380. The second kappa shape index (κ2) is 17.7. The third kappa shape index (κ3) is 9.57. The maximum absolute atomic E-state index is 14.3. The summed E-state index contributed by atoms with van der Waals surface area (Å²) in [6.45, 7) is 11.7. The molecule has 0 atom stereocenters. The molecule has 3 nitrogen and oxygen atoms in total. The van der Waals surface area contributed by atoms with Gasteiger partial charge < -0.3 is 14.4 Å². The molecule has 0 spiro atoms. The minimum absolute atomic E-state index is 0. The third-order valence-electron chi connectivity index (χ3n) is 10.4. The van der Waals surface area contributed by atoms with Crippen molar-refractivity contribution in [1.29, 1.82) is 0 Å². The van der Waals surface area contributed by atoms with Crippen LogP contribution in [0, 0.1) is 35.6 Å². The van der Waals surface area contributed by atoms with E-state index >= 15 is 0 Å². The van der Waals surface area contributed by atoms with Gasteiger partial charge in [0.25, 0.3) is 0 Å². The van der Waals surface area contributed by atoms with Crippen LogP contribution in [0.5, 0.6) is 0 Å². The summed E-state index contributed by atoms with van der Waals surface area (Å²) in [5.74, 6) is 0.471. The quantitative estimate of drug-likeness (QED) is 0.113. The number of rotatable bonds is 8. The number of furan rings is 1. The zero-order valence-electron chi connectivity index (χ0n) is 32.3. The van der Waals surface area contributed by atoms with Crippen molar-refractivity contribution in [2.45, 2.75) is 78.4 Å². The summed E-state index contributed by atoms with van der Waals surface area (Å²) in [5.41, 5.74) is 8.67. The molecule has 1 aliphatic carbocycles. The second-order valence-corrected chi connectivity index (χ2v) is 21.2. The van der Waals surface area contributed by atoms with Crippen LogP contribution in [0.4, 0.5) is 8.78 Å². The molecule has 285 valence electrons. The first-order chi connectivity index (χ1) is 26.0. The fourth-order valence-electron chi connectivity index (χ4n) is 7.76. The molecule has 4 aromatic carbocycles. The van der Waals surface area contributed by atoms with Gasteiger partial charge in [0.1, 0.15) is 17.2 Å². The van der Waals surface area contributed by atoms with Gasteiger partial charge in [0, 0.05) is 43.4 Å². The van der Waals surface area contributed by atoms with Crippen LogP contribution in [0.1, 0.15) is 57.1 Å². The molecule has 0 bridgehead atoms. The Morgan fingerprint density at radius 3 is 2.38 bits per heavy atom. The number of halogens is 2. The van der Waals surface area contributed by atoms with Gasteiger partial charge in [-0.3, -0.25) is 0 Å². The van der Waals surface area contributed by atoms with E-state index in [-0.39, 0.29) is 25.7 Å². The van der Waals surface area contributed by atoms with Gasteiger partial charge in [0.15, 0.2) is 0 Å². The van der Waals surface area contributed by atoms with Gasteiger partial charge in [0.2, 0.25) is 0 Å². The van der Waals surface area contributed by atoms with Gasteiger partial charge in [-0.15, -0.1) is 54.1 Å². The predicted octanol–water partition coefficient (Wildman–Crippen LogP) is 12.8. The Labute approximate surface area is 339 Å². The van der Waals surface area contributed by atoms with E-state index in [1.54, 1.807) is 12.1 Å². The molecule has 7 heteroatoms. The van der Waals surface area contributed by atoms with Gasteiger partial charge in [-0.05, 0) is 77.1 Å². The summed E-state index contributed by atoms with van der Waals surface area (Å²) in [5, 5.41) is 3.37.